The van der Waals surface area contributed by atoms with E-state index in [0.717, 1.165) is 37.4 Å². The molecule has 3 nitrogen and oxygen atoms in total. The predicted molar refractivity (Wildman–Crippen MR) is 68.9 cm³/mol. The number of rotatable bonds is 4. The lowest BCUT2D eigenvalue weighted by Gasteiger charge is -2.30. The van der Waals surface area contributed by atoms with Crippen molar-refractivity contribution in [2.45, 2.75) is 26.3 Å². The molecule has 0 unspecified atom stereocenters. The van der Waals surface area contributed by atoms with Gasteiger partial charge in [0.25, 0.3) is 0 Å². The first-order valence-electron chi connectivity index (χ1n) is 6.32. The van der Waals surface area contributed by atoms with Gasteiger partial charge in [-0.05, 0) is 45.0 Å². The van der Waals surface area contributed by atoms with Gasteiger partial charge >= 0.3 is 5.97 Å². The number of piperidine rings is 1. The molecule has 0 bridgehead atoms. The van der Waals surface area contributed by atoms with Crippen LogP contribution in [0.2, 0.25) is 0 Å². The van der Waals surface area contributed by atoms with Gasteiger partial charge < -0.3 is 4.74 Å². The van der Waals surface area contributed by atoms with Crippen molar-refractivity contribution in [2.75, 3.05) is 19.7 Å². The zero-order chi connectivity index (χ0) is 13.0. The minimum absolute atomic E-state index is 0.0428. The van der Waals surface area contributed by atoms with Gasteiger partial charge in [0.15, 0.2) is 5.13 Å². The van der Waals surface area contributed by atoms with E-state index in [4.69, 9.17) is 4.74 Å². The second kappa shape index (κ2) is 6.29. The van der Waals surface area contributed by atoms with Gasteiger partial charge in [-0.3, -0.25) is 9.69 Å². The maximum absolute atomic E-state index is 12.9. The molecule has 0 amide bonds. The molecule has 1 aromatic heterocycles. The smallest absolute Gasteiger partial charge is 0.309 e. The lowest BCUT2D eigenvalue weighted by atomic mass is 9.97. The molecule has 1 aliphatic heterocycles. The van der Waals surface area contributed by atoms with Gasteiger partial charge in [-0.1, -0.05) is 0 Å². The molecule has 2 rings (SSSR count). The Morgan fingerprint density at radius 3 is 2.78 bits per heavy atom. The lowest BCUT2D eigenvalue weighted by Crippen LogP contribution is -2.36. The van der Waals surface area contributed by atoms with E-state index < -0.39 is 0 Å². The minimum atomic E-state index is -0.133. The van der Waals surface area contributed by atoms with Crippen molar-refractivity contribution in [3.8, 4) is 0 Å². The Morgan fingerprint density at radius 2 is 2.22 bits per heavy atom. The maximum Gasteiger partial charge on any atom is 0.309 e. The predicted octanol–water partition coefficient (Wildman–Crippen LogP) is 2.66. The summed E-state index contributed by atoms with van der Waals surface area (Å²) >= 11 is 1.20. The van der Waals surface area contributed by atoms with Crippen molar-refractivity contribution in [1.29, 1.82) is 0 Å². The first-order chi connectivity index (χ1) is 8.69. The maximum atomic E-state index is 12.9. The first kappa shape index (κ1) is 13.5. The fourth-order valence-corrected chi connectivity index (χ4v) is 3.01. The Bertz CT molecular complexity index is 399. The third-order valence-corrected chi connectivity index (χ3v) is 4.07. The van der Waals surface area contributed by atoms with Gasteiger partial charge in [0.05, 0.1) is 12.5 Å². The molecule has 0 aliphatic carbocycles. The van der Waals surface area contributed by atoms with Crippen molar-refractivity contribution in [1.82, 2.24) is 4.90 Å². The van der Waals surface area contributed by atoms with E-state index in [1.54, 1.807) is 0 Å². The summed E-state index contributed by atoms with van der Waals surface area (Å²) in [6.45, 7) is 4.82. The summed E-state index contributed by atoms with van der Waals surface area (Å²) in [4.78, 5) is 14.9. The van der Waals surface area contributed by atoms with Crippen LogP contribution in [-0.2, 0) is 16.1 Å². The van der Waals surface area contributed by atoms with E-state index in [-0.39, 0.29) is 17.0 Å². The van der Waals surface area contributed by atoms with Crippen LogP contribution >= 0.6 is 11.3 Å². The molecule has 0 N–H and O–H groups in total. The second-order valence-electron chi connectivity index (χ2n) is 4.51. The molecule has 1 aliphatic rings. The third-order valence-electron chi connectivity index (χ3n) is 3.22. The lowest BCUT2D eigenvalue weighted by molar-refractivity contribution is -0.149. The van der Waals surface area contributed by atoms with Gasteiger partial charge in [-0.25, -0.2) is 0 Å². The summed E-state index contributed by atoms with van der Waals surface area (Å²) in [5, 5.41) is -0.133. The van der Waals surface area contributed by atoms with Crippen LogP contribution in [0.1, 0.15) is 24.6 Å². The number of likely N-dealkylation sites (tertiary alicyclic amines) is 1. The van der Waals surface area contributed by atoms with Crippen LogP contribution < -0.4 is 0 Å². The minimum Gasteiger partial charge on any atom is -0.466 e. The van der Waals surface area contributed by atoms with Crippen LogP contribution in [0.5, 0.6) is 0 Å². The Morgan fingerprint density at radius 1 is 1.50 bits per heavy atom. The number of nitrogens with zero attached hydrogens (tertiary/aromatic N) is 1. The largest absolute Gasteiger partial charge is 0.466 e. The molecule has 0 spiro atoms. The topological polar surface area (TPSA) is 29.5 Å². The van der Waals surface area contributed by atoms with Crippen LogP contribution in [0.25, 0.3) is 0 Å². The number of carbonyl (C=O) groups is 1. The monoisotopic (exact) mass is 271 g/mol. The molecular formula is C13H18FNO2S. The van der Waals surface area contributed by atoms with Crippen molar-refractivity contribution in [2.24, 2.45) is 5.92 Å². The SMILES string of the molecule is CCOC(=O)C1CCN(Cc2ccc(F)s2)CC1. The standard InChI is InChI=1S/C13H18FNO2S/c1-2-17-13(16)10-5-7-15(8-6-10)9-11-3-4-12(14)18-11/h3-4,10H,2,5-9H2,1H3. The highest BCUT2D eigenvalue weighted by atomic mass is 32.1. The zero-order valence-electron chi connectivity index (χ0n) is 10.5. The normalized spacial score (nSPS) is 17.9. The quantitative estimate of drug-likeness (QED) is 0.789. The van der Waals surface area contributed by atoms with Crippen molar-refractivity contribution >= 4 is 17.3 Å². The summed E-state index contributed by atoms with van der Waals surface area (Å²) in [5.41, 5.74) is 0. The number of thiophene rings is 1. The molecule has 1 fully saturated rings. The number of carbonyl (C=O) groups excluding carboxylic acids is 1. The second-order valence-corrected chi connectivity index (χ2v) is 5.63. The number of hydrogen-bond donors (Lipinski definition) is 0. The molecule has 5 heteroatoms. The molecule has 0 atom stereocenters. The Hall–Kier alpha value is -0.940. The highest BCUT2D eigenvalue weighted by molar-refractivity contribution is 7.10. The molecule has 1 saturated heterocycles. The van der Waals surface area contributed by atoms with E-state index >= 15 is 0 Å². The van der Waals surface area contributed by atoms with Crippen LogP contribution in [0.4, 0.5) is 4.39 Å². The van der Waals surface area contributed by atoms with E-state index in [9.17, 15) is 9.18 Å². The van der Waals surface area contributed by atoms with E-state index in [1.165, 1.54) is 17.4 Å². The highest BCUT2D eigenvalue weighted by Crippen LogP contribution is 2.22. The summed E-state index contributed by atoms with van der Waals surface area (Å²) in [6.07, 6.45) is 1.68. The molecule has 18 heavy (non-hydrogen) atoms. The van der Waals surface area contributed by atoms with E-state index in [0.29, 0.717) is 6.61 Å². The van der Waals surface area contributed by atoms with Gasteiger partial charge in [-0.15, -0.1) is 11.3 Å². The van der Waals surface area contributed by atoms with Gasteiger partial charge in [-0.2, -0.15) is 4.39 Å². The fraction of sp³-hybridized carbons (Fsp3) is 0.615. The van der Waals surface area contributed by atoms with Crippen LogP contribution in [-0.4, -0.2) is 30.6 Å². The Labute approximate surface area is 111 Å². The van der Waals surface area contributed by atoms with Crippen molar-refractivity contribution < 1.29 is 13.9 Å². The number of esters is 1. The highest BCUT2D eigenvalue weighted by Gasteiger charge is 2.25. The average Bonchev–Trinajstić information content (AvgIpc) is 2.76. The number of halogens is 1. The summed E-state index contributed by atoms with van der Waals surface area (Å²) in [5.74, 6) is -0.0272. The first-order valence-corrected chi connectivity index (χ1v) is 7.14. The molecular weight excluding hydrogens is 253 g/mol. The van der Waals surface area contributed by atoms with E-state index in [2.05, 4.69) is 4.90 Å². The van der Waals surface area contributed by atoms with Crippen molar-refractivity contribution in [3.05, 3.63) is 22.1 Å². The summed E-state index contributed by atoms with van der Waals surface area (Å²) in [7, 11) is 0. The summed E-state index contributed by atoms with van der Waals surface area (Å²) in [6, 6.07) is 3.34. The molecule has 2 heterocycles. The molecule has 1 aromatic rings. The fourth-order valence-electron chi connectivity index (χ4n) is 2.24. The summed E-state index contributed by atoms with van der Waals surface area (Å²) < 4.78 is 17.9. The van der Waals surface area contributed by atoms with Gasteiger partial charge in [0.1, 0.15) is 0 Å². The molecule has 0 radical (unpaired) electrons. The molecule has 0 saturated carbocycles. The molecule has 100 valence electrons. The Kier molecular flexibility index (Phi) is 4.72. The van der Waals surface area contributed by atoms with E-state index in [1.807, 2.05) is 13.0 Å². The Balaban J connectivity index is 1.78. The van der Waals surface area contributed by atoms with Crippen LogP contribution in [0.3, 0.4) is 0 Å². The third kappa shape index (κ3) is 3.53. The van der Waals surface area contributed by atoms with Gasteiger partial charge in [0, 0.05) is 11.4 Å². The molecule has 0 aromatic carbocycles. The zero-order valence-corrected chi connectivity index (χ0v) is 11.3. The van der Waals surface area contributed by atoms with Crippen molar-refractivity contribution in [3.63, 3.8) is 0 Å². The van der Waals surface area contributed by atoms with Gasteiger partial charge in [0.2, 0.25) is 0 Å². The van der Waals surface area contributed by atoms with Crippen LogP contribution in [0, 0.1) is 11.0 Å². The number of ether oxygens (including phenoxy) is 1. The average molecular weight is 271 g/mol. The van der Waals surface area contributed by atoms with Crippen LogP contribution in [0.15, 0.2) is 12.1 Å². The number of hydrogen-bond acceptors (Lipinski definition) is 4.